The standard InChI is InChI=1S/C10H10ClN3O2S2/c1-6-5-13-10(17-6)14-18(15,16)9-4-7(12)2-3-8(9)11/h2-5H,12H2,1H3,(H,13,14). The molecule has 5 nitrogen and oxygen atoms in total. The molecule has 0 radical (unpaired) electrons. The van der Waals surface area contributed by atoms with Crippen LogP contribution >= 0.6 is 22.9 Å². The number of hydrogen-bond donors (Lipinski definition) is 2. The molecule has 1 aromatic carbocycles. The first-order valence-electron chi connectivity index (χ1n) is 4.89. The number of sulfonamides is 1. The third kappa shape index (κ3) is 2.74. The van der Waals surface area contributed by atoms with Gasteiger partial charge in [-0.2, -0.15) is 0 Å². The van der Waals surface area contributed by atoms with Crippen molar-refractivity contribution in [2.75, 3.05) is 10.5 Å². The Morgan fingerprint density at radius 3 is 2.78 bits per heavy atom. The van der Waals surface area contributed by atoms with Crippen LogP contribution in [0.2, 0.25) is 5.02 Å². The van der Waals surface area contributed by atoms with Gasteiger partial charge in [0.25, 0.3) is 10.0 Å². The summed E-state index contributed by atoms with van der Waals surface area (Å²) in [6, 6.07) is 4.29. The molecule has 0 unspecified atom stereocenters. The lowest BCUT2D eigenvalue weighted by atomic mass is 10.3. The minimum Gasteiger partial charge on any atom is -0.399 e. The van der Waals surface area contributed by atoms with E-state index >= 15 is 0 Å². The molecule has 0 atom stereocenters. The van der Waals surface area contributed by atoms with E-state index in [4.69, 9.17) is 17.3 Å². The Balaban J connectivity index is 2.39. The number of nitrogen functional groups attached to an aromatic ring is 1. The first-order chi connectivity index (χ1) is 8.38. The number of aromatic nitrogens is 1. The fourth-order valence-corrected chi connectivity index (χ4v) is 3.74. The van der Waals surface area contributed by atoms with Gasteiger partial charge >= 0.3 is 0 Å². The molecule has 3 N–H and O–H groups in total. The monoisotopic (exact) mass is 303 g/mol. The maximum atomic E-state index is 12.1. The summed E-state index contributed by atoms with van der Waals surface area (Å²) in [4.78, 5) is 4.78. The lowest BCUT2D eigenvalue weighted by Crippen LogP contribution is -2.13. The molecule has 0 fully saturated rings. The third-order valence-electron chi connectivity index (χ3n) is 2.09. The Labute approximate surface area is 114 Å². The summed E-state index contributed by atoms with van der Waals surface area (Å²) in [6.07, 6.45) is 1.59. The summed E-state index contributed by atoms with van der Waals surface area (Å²) in [7, 11) is -3.77. The summed E-state index contributed by atoms with van der Waals surface area (Å²) < 4.78 is 26.6. The maximum Gasteiger partial charge on any atom is 0.265 e. The average molecular weight is 304 g/mol. The number of anilines is 2. The number of aryl methyl sites for hydroxylation is 1. The molecule has 0 aliphatic heterocycles. The minimum absolute atomic E-state index is 0.0583. The highest BCUT2D eigenvalue weighted by atomic mass is 35.5. The molecule has 8 heteroatoms. The van der Waals surface area contributed by atoms with Gasteiger partial charge in [0.1, 0.15) is 4.90 Å². The van der Waals surface area contributed by atoms with Gasteiger partial charge in [-0.15, -0.1) is 11.3 Å². The van der Waals surface area contributed by atoms with Crippen molar-refractivity contribution in [1.82, 2.24) is 4.98 Å². The molecule has 0 amide bonds. The number of halogens is 1. The third-order valence-corrected chi connectivity index (χ3v) is 4.87. The van der Waals surface area contributed by atoms with Gasteiger partial charge in [0.05, 0.1) is 5.02 Å². The number of benzene rings is 1. The van der Waals surface area contributed by atoms with Crippen LogP contribution in [0.3, 0.4) is 0 Å². The van der Waals surface area contributed by atoms with Gasteiger partial charge in [-0.25, -0.2) is 13.4 Å². The van der Waals surface area contributed by atoms with Crippen LogP contribution in [0.1, 0.15) is 4.88 Å². The zero-order valence-corrected chi connectivity index (χ0v) is 11.7. The van der Waals surface area contributed by atoms with Crippen LogP contribution in [0.25, 0.3) is 0 Å². The van der Waals surface area contributed by atoms with E-state index in [1.807, 2.05) is 6.92 Å². The topological polar surface area (TPSA) is 85.1 Å². The predicted octanol–water partition coefficient (Wildman–Crippen LogP) is 2.49. The molecule has 1 aromatic heterocycles. The number of nitrogens with two attached hydrogens (primary N) is 1. The van der Waals surface area contributed by atoms with E-state index in [1.54, 1.807) is 6.20 Å². The second-order valence-electron chi connectivity index (χ2n) is 3.57. The molecule has 0 aliphatic carbocycles. The Morgan fingerprint density at radius 2 is 2.17 bits per heavy atom. The summed E-state index contributed by atoms with van der Waals surface area (Å²) in [6.45, 7) is 1.84. The van der Waals surface area contributed by atoms with E-state index < -0.39 is 10.0 Å². The Bertz CT molecular complexity index is 682. The fraction of sp³-hybridized carbons (Fsp3) is 0.100. The molecule has 18 heavy (non-hydrogen) atoms. The number of hydrogen-bond acceptors (Lipinski definition) is 5. The predicted molar refractivity (Wildman–Crippen MR) is 73.5 cm³/mol. The number of nitrogens with zero attached hydrogens (tertiary/aromatic N) is 1. The number of rotatable bonds is 3. The van der Waals surface area contributed by atoms with Crippen LogP contribution in [0.4, 0.5) is 10.8 Å². The van der Waals surface area contributed by atoms with E-state index in [9.17, 15) is 8.42 Å². The highest BCUT2D eigenvalue weighted by molar-refractivity contribution is 7.93. The molecule has 0 aliphatic rings. The van der Waals surface area contributed by atoms with Crippen LogP contribution in [-0.2, 0) is 10.0 Å². The van der Waals surface area contributed by atoms with Gasteiger partial charge in [0.2, 0.25) is 0 Å². The quantitative estimate of drug-likeness (QED) is 0.853. The van der Waals surface area contributed by atoms with Crippen molar-refractivity contribution in [3.05, 3.63) is 34.3 Å². The van der Waals surface area contributed by atoms with Crippen molar-refractivity contribution in [3.8, 4) is 0 Å². The molecular formula is C10H10ClN3O2S2. The minimum atomic E-state index is -3.77. The Hall–Kier alpha value is -1.31. The summed E-state index contributed by atoms with van der Waals surface area (Å²) in [5.41, 5.74) is 5.89. The van der Waals surface area contributed by atoms with E-state index in [2.05, 4.69) is 9.71 Å². The molecule has 0 bridgehead atoms. The van der Waals surface area contributed by atoms with Crippen LogP contribution in [0, 0.1) is 6.92 Å². The van der Waals surface area contributed by atoms with Crippen molar-refractivity contribution in [2.45, 2.75) is 11.8 Å². The lowest BCUT2D eigenvalue weighted by Gasteiger charge is -2.07. The number of nitrogens with one attached hydrogen (secondary N) is 1. The van der Waals surface area contributed by atoms with E-state index in [1.165, 1.54) is 29.5 Å². The van der Waals surface area contributed by atoms with Gasteiger partial charge in [0, 0.05) is 16.8 Å². The van der Waals surface area contributed by atoms with Gasteiger partial charge in [-0.1, -0.05) is 11.6 Å². The highest BCUT2D eigenvalue weighted by Gasteiger charge is 2.19. The van der Waals surface area contributed by atoms with E-state index in [-0.39, 0.29) is 9.92 Å². The molecular weight excluding hydrogens is 294 g/mol. The van der Waals surface area contributed by atoms with Crippen LogP contribution in [-0.4, -0.2) is 13.4 Å². The SMILES string of the molecule is Cc1cnc(NS(=O)(=O)c2cc(N)ccc2Cl)s1. The average Bonchev–Trinajstić information content (AvgIpc) is 2.66. The lowest BCUT2D eigenvalue weighted by molar-refractivity contribution is 0.601. The zero-order valence-electron chi connectivity index (χ0n) is 9.34. The van der Waals surface area contributed by atoms with E-state index in [0.717, 1.165) is 4.88 Å². The Kier molecular flexibility index (Phi) is 3.47. The van der Waals surface area contributed by atoms with Crippen molar-refractivity contribution in [2.24, 2.45) is 0 Å². The first kappa shape index (κ1) is 13.1. The van der Waals surface area contributed by atoms with Gasteiger partial charge in [-0.05, 0) is 25.1 Å². The van der Waals surface area contributed by atoms with Crippen molar-refractivity contribution in [1.29, 1.82) is 0 Å². The first-order valence-corrected chi connectivity index (χ1v) is 7.56. The summed E-state index contributed by atoms with van der Waals surface area (Å²) >= 11 is 7.10. The second-order valence-corrected chi connectivity index (χ2v) is 6.86. The molecule has 0 saturated carbocycles. The number of thiazole rings is 1. The summed E-state index contributed by atoms with van der Waals surface area (Å²) in [5, 5.41) is 0.413. The molecule has 2 rings (SSSR count). The molecule has 0 saturated heterocycles. The van der Waals surface area contributed by atoms with Crippen molar-refractivity contribution in [3.63, 3.8) is 0 Å². The van der Waals surface area contributed by atoms with Crippen molar-refractivity contribution >= 4 is 43.8 Å². The van der Waals surface area contributed by atoms with Crippen molar-refractivity contribution < 1.29 is 8.42 Å². The van der Waals surface area contributed by atoms with Gasteiger partial charge in [0.15, 0.2) is 5.13 Å². The Morgan fingerprint density at radius 1 is 1.44 bits per heavy atom. The van der Waals surface area contributed by atoms with Crippen LogP contribution < -0.4 is 10.5 Å². The maximum absolute atomic E-state index is 12.1. The van der Waals surface area contributed by atoms with Crippen LogP contribution in [0.15, 0.2) is 29.3 Å². The largest absolute Gasteiger partial charge is 0.399 e. The van der Waals surface area contributed by atoms with Gasteiger partial charge < -0.3 is 5.73 Å². The smallest absolute Gasteiger partial charge is 0.265 e. The molecule has 1 heterocycles. The molecule has 2 aromatic rings. The molecule has 0 spiro atoms. The normalized spacial score (nSPS) is 11.4. The highest BCUT2D eigenvalue weighted by Crippen LogP contribution is 2.27. The second kappa shape index (κ2) is 4.75. The molecule has 96 valence electrons. The van der Waals surface area contributed by atoms with E-state index in [0.29, 0.717) is 10.8 Å². The zero-order chi connectivity index (χ0) is 13.3. The van der Waals surface area contributed by atoms with Crippen LogP contribution in [0.5, 0.6) is 0 Å². The fourth-order valence-electron chi connectivity index (χ4n) is 1.30. The van der Waals surface area contributed by atoms with Gasteiger partial charge in [-0.3, -0.25) is 4.72 Å². The summed E-state index contributed by atoms with van der Waals surface area (Å²) in [5.74, 6) is 0.